The largest absolute Gasteiger partial charge is 0.389 e. The van der Waals surface area contributed by atoms with E-state index in [-0.39, 0.29) is 0 Å². The van der Waals surface area contributed by atoms with Gasteiger partial charge in [-0.25, -0.2) is 9.97 Å². The molecule has 0 aliphatic rings. The summed E-state index contributed by atoms with van der Waals surface area (Å²) in [6.07, 6.45) is 5.36. The molecule has 0 saturated carbocycles. The molecule has 5 heteroatoms. The topological polar surface area (TPSA) is 56.7 Å². The second kappa shape index (κ2) is 4.63. The van der Waals surface area contributed by atoms with Crippen LogP contribution >= 0.6 is 12.2 Å². The molecular formula is C12H14N4S. The Labute approximate surface area is 106 Å². The minimum atomic E-state index is 0.349. The van der Waals surface area contributed by atoms with Crippen molar-refractivity contribution in [1.29, 1.82) is 0 Å². The predicted molar refractivity (Wildman–Crippen MR) is 71.3 cm³/mol. The van der Waals surface area contributed by atoms with Crippen LogP contribution < -0.4 is 5.73 Å². The van der Waals surface area contributed by atoms with Gasteiger partial charge in [0.05, 0.1) is 0 Å². The van der Waals surface area contributed by atoms with E-state index in [1.807, 2.05) is 22.9 Å². The summed E-state index contributed by atoms with van der Waals surface area (Å²) >= 11 is 4.89. The highest BCUT2D eigenvalue weighted by molar-refractivity contribution is 7.80. The summed E-state index contributed by atoms with van der Waals surface area (Å²) in [4.78, 5) is 9.02. The van der Waals surface area contributed by atoms with Crippen LogP contribution in [-0.4, -0.2) is 19.5 Å². The third-order valence-corrected chi connectivity index (χ3v) is 2.70. The van der Waals surface area contributed by atoms with Gasteiger partial charge in [0.2, 0.25) is 0 Å². The van der Waals surface area contributed by atoms with Crippen LogP contribution in [0, 0.1) is 0 Å². The molecule has 88 valence electrons. The second-order valence-electron chi connectivity index (χ2n) is 4.08. The number of imidazole rings is 1. The minimum Gasteiger partial charge on any atom is -0.389 e. The summed E-state index contributed by atoms with van der Waals surface area (Å²) in [7, 11) is 0. The molecular weight excluding hydrogens is 232 g/mol. The zero-order valence-electron chi connectivity index (χ0n) is 9.79. The average molecular weight is 246 g/mol. The first-order valence-corrected chi connectivity index (χ1v) is 5.80. The van der Waals surface area contributed by atoms with Gasteiger partial charge in [0.15, 0.2) is 0 Å². The molecule has 0 unspecified atom stereocenters. The van der Waals surface area contributed by atoms with Gasteiger partial charge in [-0.15, -0.1) is 0 Å². The van der Waals surface area contributed by atoms with Crippen molar-refractivity contribution in [2.24, 2.45) is 5.73 Å². The standard InChI is InChI=1S/C12H14N4S/c1-8(2)12-14-5-6-16(12)10-4-3-9(7-15-10)11(13)17/h3-8H,1-2H3,(H2,13,17). The Morgan fingerprint density at radius 1 is 1.35 bits per heavy atom. The van der Waals surface area contributed by atoms with Crippen molar-refractivity contribution in [3.8, 4) is 5.82 Å². The Morgan fingerprint density at radius 3 is 2.65 bits per heavy atom. The number of rotatable bonds is 3. The molecule has 2 aromatic heterocycles. The number of aromatic nitrogens is 3. The van der Waals surface area contributed by atoms with Gasteiger partial charge in [-0.1, -0.05) is 26.1 Å². The highest BCUT2D eigenvalue weighted by Crippen LogP contribution is 2.16. The molecule has 0 fully saturated rings. The monoisotopic (exact) mass is 246 g/mol. The summed E-state index contributed by atoms with van der Waals surface area (Å²) < 4.78 is 1.97. The Kier molecular flexibility index (Phi) is 3.19. The summed E-state index contributed by atoms with van der Waals surface area (Å²) in [5.41, 5.74) is 6.31. The zero-order chi connectivity index (χ0) is 12.4. The lowest BCUT2D eigenvalue weighted by Crippen LogP contribution is -2.10. The number of thiocarbonyl (C=S) groups is 1. The summed E-state index contributed by atoms with van der Waals surface area (Å²) in [6.45, 7) is 4.20. The van der Waals surface area contributed by atoms with Gasteiger partial charge in [-0.3, -0.25) is 4.57 Å². The third-order valence-electron chi connectivity index (χ3n) is 2.46. The van der Waals surface area contributed by atoms with Crippen LogP contribution in [0.1, 0.15) is 31.2 Å². The quantitative estimate of drug-likeness (QED) is 0.842. The van der Waals surface area contributed by atoms with Crippen LogP contribution in [-0.2, 0) is 0 Å². The number of hydrogen-bond acceptors (Lipinski definition) is 3. The van der Waals surface area contributed by atoms with E-state index in [2.05, 4.69) is 23.8 Å². The van der Waals surface area contributed by atoms with Gasteiger partial charge in [-0.2, -0.15) is 0 Å². The molecule has 0 aliphatic heterocycles. The van der Waals surface area contributed by atoms with Crippen LogP contribution in [0.15, 0.2) is 30.7 Å². The first-order valence-electron chi connectivity index (χ1n) is 5.39. The van der Waals surface area contributed by atoms with Crippen LogP contribution in [0.25, 0.3) is 5.82 Å². The van der Waals surface area contributed by atoms with Gasteiger partial charge in [0.1, 0.15) is 16.6 Å². The van der Waals surface area contributed by atoms with Crippen LogP contribution in [0.4, 0.5) is 0 Å². The van der Waals surface area contributed by atoms with Crippen molar-refractivity contribution in [2.75, 3.05) is 0 Å². The van der Waals surface area contributed by atoms with Crippen LogP contribution in [0.3, 0.4) is 0 Å². The minimum absolute atomic E-state index is 0.349. The Hall–Kier alpha value is -1.75. The molecule has 0 aromatic carbocycles. The van der Waals surface area contributed by atoms with Crippen molar-refractivity contribution in [2.45, 2.75) is 19.8 Å². The molecule has 0 spiro atoms. The van der Waals surface area contributed by atoms with Crippen molar-refractivity contribution >= 4 is 17.2 Å². The second-order valence-corrected chi connectivity index (χ2v) is 4.52. The zero-order valence-corrected chi connectivity index (χ0v) is 10.6. The highest BCUT2D eigenvalue weighted by atomic mass is 32.1. The van der Waals surface area contributed by atoms with Gasteiger partial charge >= 0.3 is 0 Å². The van der Waals surface area contributed by atoms with E-state index in [0.29, 0.717) is 10.9 Å². The highest BCUT2D eigenvalue weighted by Gasteiger charge is 2.09. The van der Waals surface area contributed by atoms with E-state index in [4.69, 9.17) is 18.0 Å². The maximum Gasteiger partial charge on any atom is 0.138 e. The maximum absolute atomic E-state index is 5.53. The van der Waals surface area contributed by atoms with Gasteiger partial charge in [0.25, 0.3) is 0 Å². The first-order chi connectivity index (χ1) is 8.09. The number of nitrogens with zero attached hydrogens (tertiary/aromatic N) is 3. The van der Waals surface area contributed by atoms with Gasteiger partial charge in [0, 0.05) is 30.1 Å². The molecule has 0 radical (unpaired) electrons. The van der Waals surface area contributed by atoms with Crippen molar-refractivity contribution in [3.05, 3.63) is 42.1 Å². The Morgan fingerprint density at radius 2 is 2.12 bits per heavy atom. The van der Waals surface area contributed by atoms with E-state index in [1.54, 1.807) is 12.4 Å². The molecule has 0 aliphatic carbocycles. The lowest BCUT2D eigenvalue weighted by atomic mass is 10.2. The number of nitrogens with two attached hydrogens (primary N) is 1. The van der Waals surface area contributed by atoms with E-state index >= 15 is 0 Å². The summed E-state index contributed by atoms with van der Waals surface area (Å²) in [6, 6.07) is 3.76. The van der Waals surface area contributed by atoms with Gasteiger partial charge < -0.3 is 5.73 Å². The van der Waals surface area contributed by atoms with Gasteiger partial charge in [-0.05, 0) is 12.1 Å². The first kappa shape index (κ1) is 11.7. The van der Waals surface area contributed by atoms with E-state index in [0.717, 1.165) is 17.2 Å². The fourth-order valence-corrected chi connectivity index (χ4v) is 1.73. The van der Waals surface area contributed by atoms with Crippen LogP contribution in [0.2, 0.25) is 0 Å². The van der Waals surface area contributed by atoms with E-state index < -0.39 is 0 Å². The van der Waals surface area contributed by atoms with Crippen molar-refractivity contribution in [3.63, 3.8) is 0 Å². The fraction of sp³-hybridized carbons (Fsp3) is 0.250. The Bertz CT molecular complexity index is 528. The van der Waals surface area contributed by atoms with E-state index in [9.17, 15) is 0 Å². The molecule has 4 nitrogen and oxygen atoms in total. The number of hydrogen-bond donors (Lipinski definition) is 1. The van der Waals surface area contributed by atoms with E-state index in [1.165, 1.54) is 0 Å². The average Bonchev–Trinajstić information content (AvgIpc) is 2.78. The van der Waals surface area contributed by atoms with Crippen molar-refractivity contribution < 1.29 is 0 Å². The molecule has 2 N–H and O–H groups in total. The SMILES string of the molecule is CC(C)c1nccn1-c1ccc(C(N)=S)cn1. The lowest BCUT2D eigenvalue weighted by Gasteiger charge is -2.09. The number of pyridine rings is 1. The van der Waals surface area contributed by atoms with Crippen LogP contribution in [0.5, 0.6) is 0 Å². The molecule has 17 heavy (non-hydrogen) atoms. The summed E-state index contributed by atoms with van der Waals surface area (Å²) in [5, 5.41) is 0. The Balaban J connectivity index is 2.40. The molecule has 0 atom stereocenters. The summed E-state index contributed by atoms with van der Waals surface area (Å²) in [5.74, 6) is 2.16. The molecule has 2 heterocycles. The smallest absolute Gasteiger partial charge is 0.138 e. The fourth-order valence-electron chi connectivity index (χ4n) is 1.61. The molecule has 2 rings (SSSR count). The molecule has 0 saturated heterocycles. The predicted octanol–water partition coefficient (Wildman–Crippen LogP) is 2.02. The molecule has 2 aromatic rings. The lowest BCUT2D eigenvalue weighted by molar-refractivity contribution is 0.744. The molecule has 0 amide bonds. The third kappa shape index (κ3) is 2.34. The van der Waals surface area contributed by atoms with Crippen molar-refractivity contribution in [1.82, 2.24) is 14.5 Å². The normalized spacial score (nSPS) is 10.8. The maximum atomic E-state index is 5.53. The molecule has 0 bridgehead atoms.